The number of nitro groups is 1. The summed E-state index contributed by atoms with van der Waals surface area (Å²) in [5.41, 5.74) is 0.402. The molecule has 3 rings (SSSR count). The lowest BCUT2D eigenvalue weighted by atomic mass is 10.2. The van der Waals surface area contributed by atoms with E-state index in [9.17, 15) is 27.7 Å². The van der Waals surface area contributed by atoms with Gasteiger partial charge >= 0.3 is 18.2 Å². The molecule has 2 heterocycles. The first-order chi connectivity index (χ1) is 13.2. The van der Waals surface area contributed by atoms with Crippen LogP contribution in [0.15, 0.2) is 24.4 Å². The van der Waals surface area contributed by atoms with E-state index < -0.39 is 22.9 Å². The lowest BCUT2D eigenvalue weighted by Gasteiger charge is -2.23. The molecule has 0 spiro atoms. The van der Waals surface area contributed by atoms with Crippen LogP contribution in [0.1, 0.15) is 19.4 Å². The van der Waals surface area contributed by atoms with E-state index in [2.05, 4.69) is 15.0 Å². The lowest BCUT2D eigenvalue weighted by Crippen LogP contribution is -2.41. The monoisotopic (exact) mass is 406 g/mol. The first-order valence-electron chi connectivity index (χ1n) is 8.33. The van der Waals surface area contributed by atoms with E-state index in [4.69, 9.17) is 4.74 Å². The molecule has 1 atom stereocenters. The first-order valence-corrected chi connectivity index (χ1v) is 8.33. The number of alkyl halides is 3. The Hall–Kier alpha value is -2.89. The van der Waals surface area contributed by atoms with Crippen molar-refractivity contribution in [3.8, 4) is 11.8 Å². The Balaban J connectivity index is 0.00000136. The van der Waals surface area contributed by atoms with Crippen LogP contribution in [0.3, 0.4) is 0 Å². The number of nitrogens with zero attached hydrogens (tertiary/aromatic N) is 3. The first kappa shape index (κ1) is 21.4. The van der Waals surface area contributed by atoms with Crippen molar-refractivity contribution >= 4 is 5.82 Å². The Kier molecular flexibility index (Phi) is 6.78. The molecular weight excluding hydrogens is 388 g/mol. The van der Waals surface area contributed by atoms with Crippen molar-refractivity contribution in [3.63, 3.8) is 0 Å². The van der Waals surface area contributed by atoms with Crippen LogP contribution in [0.5, 0.6) is 11.8 Å². The number of ether oxygens (including phenoxy) is 2. The number of aromatic nitrogens is 2. The summed E-state index contributed by atoms with van der Waals surface area (Å²) >= 11 is 0. The third kappa shape index (κ3) is 5.55. The predicted molar refractivity (Wildman–Crippen MR) is 89.4 cm³/mol. The van der Waals surface area contributed by atoms with E-state index >= 15 is 0 Å². The molecule has 1 N–H and O–H groups in total. The zero-order valence-corrected chi connectivity index (χ0v) is 15.0. The fraction of sp³-hybridized carbons (Fsp3) is 0.438. The predicted octanol–water partition coefficient (Wildman–Crippen LogP) is 3.41. The van der Waals surface area contributed by atoms with Crippen LogP contribution in [-0.4, -0.2) is 33.5 Å². The van der Waals surface area contributed by atoms with Crippen molar-refractivity contribution in [3.05, 3.63) is 45.9 Å². The molecule has 0 saturated carbocycles. The minimum Gasteiger partial charge on any atom is -0.444 e. The minimum absolute atomic E-state index is 0.134. The summed E-state index contributed by atoms with van der Waals surface area (Å²) in [5, 5.41) is 13.7. The van der Waals surface area contributed by atoms with Gasteiger partial charge in [-0.1, -0.05) is 19.9 Å². The highest BCUT2D eigenvalue weighted by Crippen LogP contribution is 2.26. The summed E-state index contributed by atoms with van der Waals surface area (Å²) in [5.74, 6) is -2.37. The quantitative estimate of drug-likeness (QED) is 0.465. The summed E-state index contributed by atoms with van der Waals surface area (Å²) in [6.45, 7) is 4.68. The van der Waals surface area contributed by atoms with Crippen LogP contribution in [0.25, 0.3) is 0 Å². The van der Waals surface area contributed by atoms with Gasteiger partial charge in [-0.3, -0.25) is 4.57 Å². The van der Waals surface area contributed by atoms with Gasteiger partial charge in [0.15, 0.2) is 11.6 Å². The smallest absolute Gasteiger partial charge is 0.444 e. The maximum Gasteiger partial charge on any atom is 0.573 e. The average Bonchev–Trinajstić information content (AvgIpc) is 3.06. The van der Waals surface area contributed by atoms with Crippen molar-refractivity contribution in [2.45, 2.75) is 39.3 Å². The van der Waals surface area contributed by atoms with Gasteiger partial charge in [-0.25, -0.2) is 4.39 Å². The molecule has 12 heteroatoms. The molecule has 1 aromatic heterocycles. The Bertz CT molecular complexity index is 825. The molecule has 1 aliphatic rings. The van der Waals surface area contributed by atoms with Crippen molar-refractivity contribution in [2.75, 3.05) is 6.61 Å². The molecule has 0 aliphatic carbocycles. The minimum atomic E-state index is -4.97. The van der Waals surface area contributed by atoms with Gasteiger partial charge in [-0.2, -0.15) is 0 Å². The van der Waals surface area contributed by atoms with E-state index in [0.717, 1.165) is 12.1 Å². The van der Waals surface area contributed by atoms with Crippen LogP contribution >= 0.6 is 0 Å². The molecule has 0 saturated heterocycles. The second-order valence-corrected chi connectivity index (χ2v) is 5.49. The number of halogens is 4. The molecule has 0 fully saturated rings. The van der Waals surface area contributed by atoms with E-state index in [1.54, 1.807) is 0 Å². The van der Waals surface area contributed by atoms with Gasteiger partial charge in [-0.15, -0.1) is 13.2 Å². The van der Waals surface area contributed by atoms with Crippen LogP contribution in [0.4, 0.5) is 23.4 Å². The van der Waals surface area contributed by atoms with Gasteiger partial charge in [0, 0.05) is 18.1 Å². The SMILES string of the molecule is CC.O=[N+]([O-])c1cn2c(n1)OCC(NCc1ccc(OC(F)(F)F)c(F)c1)C2. The van der Waals surface area contributed by atoms with E-state index in [-0.39, 0.29) is 31.0 Å². The number of rotatable bonds is 5. The highest BCUT2D eigenvalue weighted by Gasteiger charge is 2.32. The van der Waals surface area contributed by atoms with Crippen LogP contribution < -0.4 is 14.8 Å². The summed E-state index contributed by atoms with van der Waals surface area (Å²) in [7, 11) is 0. The van der Waals surface area contributed by atoms with Crippen molar-refractivity contribution in [1.82, 2.24) is 14.9 Å². The van der Waals surface area contributed by atoms with Crippen LogP contribution in [0, 0.1) is 15.9 Å². The van der Waals surface area contributed by atoms with Crippen LogP contribution in [-0.2, 0) is 13.1 Å². The fourth-order valence-corrected chi connectivity index (χ4v) is 2.43. The summed E-state index contributed by atoms with van der Waals surface area (Å²) in [6, 6.07) is 3.02. The number of benzene rings is 1. The summed E-state index contributed by atoms with van der Waals surface area (Å²) in [4.78, 5) is 13.8. The molecular formula is C16H18F4N4O4. The number of imidazole rings is 1. The standard InChI is InChI=1S/C14H12F4N4O4.C2H6/c15-10-3-8(1-2-11(10)26-14(16,17)18)4-19-9-5-21-6-12(22(23)24)20-13(21)25-7-9;1-2/h1-3,6,9,19H,4-5,7H2;1-2H3. The van der Waals surface area contributed by atoms with Gasteiger partial charge in [0.05, 0.1) is 6.04 Å². The molecule has 28 heavy (non-hydrogen) atoms. The van der Waals surface area contributed by atoms with Gasteiger partial charge in [0.2, 0.25) is 0 Å². The highest BCUT2D eigenvalue weighted by molar-refractivity contribution is 5.29. The Morgan fingerprint density at radius 3 is 2.75 bits per heavy atom. The molecule has 2 aromatic rings. The highest BCUT2D eigenvalue weighted by atomic mass is 19.4. The number of nitrogens with one attached hydrogen (secondary N) is 1. The largest absolute Gasteiger partial charge is 0.573 e. The summed E-state index contributed by atoms with van der Waals surface area (Å²) in [6.07, 6.45) is -3.72. The summed E-state index contributed by atoms with van der Waals surface area (Å²) < 4.78 is 60.4. The molecule has 1 aliphatic heterocycles. The molecule has 0 radical (unpaired) electrons. The van der Waals surface area contributed by atoms with Gasteiger partial charge in [0.25, 0.3) is 0 Å². The third-order valence-electron chi connectivity index (χ3n) is 3.56. The molecule has 1 aromatic carbocycles. The fourth-order valence-electron chi connectivity index (χ4n) is 2.43. The van der Waals surface area contributed by atoms with Crippen molar-refractivity contribution < 1.29 is 32.0 Å². The molecule has 0 amide bonds. The number of hydrogen-bond donors (Lipinski definition) is 1. The van der Waals surface area contributed by atoms with Gasteiger partial charge < -0.3 is 24.9 Å². The van der Waals surface area contributed by atoms with E-state index in [1.165, 1.54) is 16.8 Å². The van der Waals surface area contributed by atoms with Crippen molar-refractivity contribution in [1.29, 1.82) is 0 Å². The lowest BCUT2D eigenvalue weighted by molar-refractivity contribution is -0.389. The average molecular weight is 406 g/mol. The topological polar surface area (TPSA) is 91.5 Å². The zero-order chi connectivity index (χ0) is 20.9. The molecule has 8 nitrogen and oxygen atoms in total. The van der Waals surface area contributed by atoms with E-state index in [1.807, 2.05) is 13.8 Å². The molecule has 154 valence electrons. The Labute approximate surface area is 157 Å². The zero-order valence-electron chi connectivity index (χ0n) is 15.0. The second kappa shape index (κ2) is 8.87. The Morgan fingerprint density at radius 1 is 1.43 bits per heavy atom. The third-order valence-corrected chi connectivity index (χ3v) is 3.56. The normalized spacial score (nSPS) is 15.7. The number of hydrogen-bond acceptors (Lipinski definition) is 6. The maximum absolute atomic E-state index is 13.7. The van der Waals surface area contributed by atoms with Crippen molar-refractivity contribution in [2.24, 2.45) is 0 Å². The van der Waals surface area contributed by atoms with Gasteiger partial charge in [0.1, 0.15) is 12.8 Å². The molecule has 1 unspecified atom stereocenters. The second-order valence-electron chi connectivity index (χ2n) is 5.49. The van der Waals surface area contributed by atoms with Crippen LogP contribution in [0.2, 0.25) is 0 Å². The van der Waals surface area contributed by atoms with E-state index in [0.29, 0.717) is 12.1 Å². The Morgan fingerprint density at radius 2 is 2.14 bits per heavy atom. The molecule has 0 bridgehead atoms. The number of fused-ring (bicyclic) bond motifs is 1. The maximum atomic E-state index is 13.7. The van der Waals surface area contributed by atoms with Gasteiger partial charge in [-0.05, 0) is 22.6 Å².